The smallest absolute Gasteiger partial charge is 0.263 e. The molecule has 0 aliphatic rings. The zero-order valence-corrected chi connectivity index (χ0v) is 18.5. The van der Waals surface area contributed by atoms with Crippen LogP contribution < -0.4 is 5.32 Å². The molecule has 0 saturated heterocycles. The monoisotopic (exact) mass is 435 g/mol. The van der Waals surface area contributed by atoms with E-state index in [0.29, 0.717) is 21.0 Å². The van der Waals surface area contributed by atoms with Gasteiger partial charge in [0.15, 0.2) is 0 Å². The van der Waals surface area contributed by atoms with Gasteiger partial charge in [0.1, 0.15) is 16.3 Å². The predicted molar refractivity (Wildman–Crippen MR) is 122 cm³/mol. The fourth-order valence-electron chi connectivity index (χ4n) is 2.86. The topological polar surface area (TPSA) is 73.2 Å². The van der Waals surface area contributed by atoms with Gasteiger partial charge in [0, 0.05) is 19.0 Å². The Balaban J connectivity index is 1.94. The number of thiophene rings is 1. The third-order valence-corrected chi connectivity index (χ3v) is 6.89. The number of anilines is 1. The van der Waals surface area contributed by atoms with Gasteiger partial charge in [-0.15, -0.1) is 23.1 Å². The third kappa shape index (κ3) is 4.73. The van der Waals surface area contributed by atoms with Crippen molar-refractivity contribution in [2.24, 2.45) is 0 Å². The zero-order chi connectivity index (χ0) is 21.7. The molecule has 0 bridgehead atoms. The Kier molecular flexibility index (Phi) is 6.93. The van der Waals surface area contributed by atoms with E-state index in [1.807, 2.05) is 60.7 Å². The minimum atomic E-state index is -0.504. The van der Waals surface area contributed by atoms with Gasteiger partial charge in [-0.05, 0) is 30.2 Å². The Hall–Kier alpha value is -3.08. The first-order valence-electron chi connectivity index (χ1n) is 9.25. The molecule has 3 rings (SSSR count). The first-order valence-corrected chi connectivity index (χ1v) is 10.9. The molecular weight excluding hydrogens is 414 g/mol. The number of hydrogen-bond donors (Lipinski definition) is 1. The van der Waals surface area contributed by atoms with Gasteiger partial charge in [-0.25, -0.2) is 0 Å². The number of carbonyl (C=O) groups is 2. The van der Waals surface area contributed by atoms with Gasteiger partial charge in [0.25, 0.3) is 5.91 Å². The molecule has 3 aromatic rings. The van der Waals surface area contributed by atoms with Gasteiger partial charge in [0.05, 0.1) is 10.4 Å². The van der Waals surface area contributed by atoms with Crippen LogP contribution in [0, 0.1) is 18.3 Å². The molecular formula is C23H21N3O2S2. The second-order valence-corrected chi connectivity index (χ2v) is 8.98. The Labute approximate surface area is 184 Å². The summed E-state index contributed by atoms with van der Waals surface area (Å²) in [4.78, 5) is 28.6. The fraction of sp³-hybridized carbons (Fsp3) is 0.174. The molecule has 1 heterocycles. The number of nitriles is 1. The van der Waals surface area contributed by atoms with Crippen LogP contribution in [0.15, 0.2) is 65.6 Å². The van der Waals surface area contributed by atoms with Crippen molar-refractivity contribution in [3.63, 3.8) is 0 Å². The van der Waals surface area contributed by atoms with Crippen LogP contribution in [0.1, 0.15) is 31.6 Å². The minimum Gasteiger partial charge on any atom is -0.344 e. The van der Waals surface area contributed by atoms with Gasteiger partial charge in [0.2, 0.25) is 5.91 Å². The summed E-state index contributed by atoms with van der Waals surface area (Å²) >= 11 is 2.58. The minimum absolute atomic E-state index is 0.187. The number of carbonyl (C=O) groups excluding carboxylic acids is 2. The third-order valence-electron chi connectivity index (χ3n) is 4.43. The highest BCUT2D eigenvalue weighted by Crippen LogP contribution is 2.38. The summed E-state index contributed by atoms with van der Waals surface area (Å²) in [7, 11) is 3.32. The molecule has 2 amide bonds. The van der Waals surface area contributed by atoms with Gasteiger partial charge < -0.3 is 10.2 Å². The van der Waals surface area contributed by atoms with Gasteiger partial charge in [-0.2, -0.15) is 5.26 Å². The summed E-state index contributed by atoms with van der Waals surface area (Å²) in [6.45, 7) is 1.73. The number of thioether (sulfide) groups is 1. The molecule has 0 fully saturated rings. The summed E-state index contributed by atoms with van der Waals surface area (Å²) in [5.41, 5.74) is 1.78. The van der Waals surface area contributed by atoms with Crippen molar-refractivity contribution in [3.05, 3.63) is 82.2 Å². The molecule has 1 atom stereocenters. The molecule has 7 heteroatoms. The molecule has 0 radical (unpaired) electrons. The first kappa shape index (κ1) is 21.6. The lowest BCUT2D eigenvalue weighted by atomic mass is 10.1. The number of nitrogens with one attached hydrogen (secondary N) is 1. The Morgan fingerprint density at radius 2 is 1.67 bits per heavy atom. The van der Waals surface area contributed by atoms with Crippen LogP contribution in [0.2, 0.25) is 0 Å². The average molecular weight is 436 g/mol. The van der Waals surface area contributed by atoms with Crippen molar-refractivity contribution < 1.29 is 9.59 Å². The molecule has 0 unspecified atom stereocenters. The lowest BCUT2D eigenvalue weighted by molar-refractivity contribution is -0.115. The zero-order valence-electron chi connectivity index (χ0n) is 16.9. The highest BCUT2D eigenvalue weighted by Gasteiger charge is 2.26. The maximum Gasteiger partial charge on any atom is 0.263 e. The van der Waals surface area contributed by atoms with Crippen molar-refractivity contribution in [1.29, 1.82) is 5.26 Å². The average Bonchev–Trinajstić information content (AvgIpc) is 3.07. The molecule has 5 nitrogen and oxygen atoms in total. The van der Waals surface area contributed by atoms with E-state index in [1.165, 1.54) is 16.7 Å². The van der Waals surface area contributed by atoms with E-state index in [0.717, 1.165) is 21.8 Å². The molecule has 1 aromatic heterocycles. The summed E-state index contributed by atoms with van der Waals surface area (Å²) in [5, 5.41) is 12.4. The SMILES string of the molecule is Cc1c(C(=O)N(C)C)sc(NC(=O)[C@H](Sc2ccccc2)c2ccccc2)c1C#N. The molecule has 0 aliphatic carbocycles. The number of hydrogen-bond acceptors (Lipinski definition) is 5. The van der Waals surface area contributed by atoms with Crippen molar-refractivity contribution in [2.75, 3.05) is 19.4 Å². The fourth-order valence-corrected chi connectivity index (χ4v) is 5.08. The van der Waals surface area contributed by atoms with E-state index in [2.05, 4.69) is 11.4 Å². The van der Waals surface area contributed by atoms with Crippen LogP contribution in [-0.2, 0) is 4.79 Å². The van der Waals surface area contributed by atoms with Crippen LogP contribution in [0.25, 0.3) is 0 Å². The molecule has 1 N–H and O–H groups in total. The molecule has 152 valence electrons. The van der Waals surface area contributed by atoms with E-state index < -0.39 is 5.25 Å². The number of benzene rings is 2. The Morgan fingerprint density at radius 1 is 1.07 bits per heavy atom. The molecule has 2 aromatic carbocycles. The maximum atomic E-state index is 13.3. The standard InChI is InChI=1S/C23H21N3O2S2/c1-15-18(14-24)22(30-19(15)23(28)26(2)3)25-21(27)20(16-10-6-4-7-11-16)29-17-12-8-5-9-13-17/h4-13,20H,1-3H3,(H,25,27)/t20-/m1/s1. The number of amides is 2. The highest BCUT2D eigenvalue weighted by molar-refractivity contribution is 8.00. The maximum absolute atomic E-state index is 13.3. The van der Waals surface area contributed by atoms with Crippen molar-refractivity contribution in [1.82, 2.24) is 4.90 Å². The van der Waals surface area contributed by atoms with Gasteiger partial charge >= 0.3 is 0 Å². The van der Waals surface area contributed by atoms with Crippen LogP contribution in [0.3, 0.4) is 0 Å². The summed E-state index contributed by atoms with van der Waals surface area (Å²) in [6.07, 6.45) is 0. The predicted octanol–water partition coefficient (Wildman–Crippen LogP) is 5.10. The second kappa shape index (κ2) is 9.61. The van der Waals surface area contributed by atoms with E-state index >= 15 is 0 Å². The summed E-state index contributed by atoms with van der Waals surface area (Å²) in [5.74, 6) is -0.426. The largest absolute Gasteiger partial charge is 0.344 e. The summed E-state index contributed by atoms with van der Waals surface area (Å²) in [6, 6.07) is 21.3. The van der Waals surface area contributed by atoms with Crippen LogP contribution in [0.5, 0.6) is 0 Å². The van der Waals surface area contributed by atoms with E-state index in [-0.39, 0.29) is 11.8 Å². The first-order chi connectivity index (χ1) is 14.4. The Morgan fingerprint density at radius 3 is 2.23 bits per heavy atom. The normalized spacial score (nSPS) is 11.4. The van der Waals surface area contributed by atoms with Crippen LogP contribution >= 0.6 is 23.1 Å². The number of rotatable bonds is 6. The van der Waals surface area contributed by atoms with Crippen molar-refractivity contribution in [3.8, 4) is 6.07 Å². The van der Waals surface area contributed by atoms with Crippen molar-refractivity contribution in [2.45, 2.75) is 17.1 Å². The van der Waals surface area contributed by atoms with Crippen LogP contribution in [-0.4, -0.2) is 30.8 Å². The Bertz CT molecular complexity index is 1090. The molecule has 0 spiro atoms. The van der Waals surface area contributed by atoms with E-state index in [1.54, 1.807) is 21.0 Å². The molecule has 0 saturated carbocycles. The van der Waals surface area contributed by atoms with Gasteiger partial charge in [-0.3, -0.25) is 9.59 Å². The number of nitrogens with zero attached hydrogens (tertiary/aromatic N) is 2. The second-order valence-electron chi connectivity index (χ2n) is 6.78. The highest BCUT2D eigenvalue weighted by atomic mass is 32.2. The quantitative estimate of drug-likeness (QED) is 0.547. The lowest BCUT2D eigenvalue weighted by Gasteiger charge is -2.16. The van der Waals surface area contributed by atoms with E-state index in [4.69, 9.17) is 0 Å². The molecule has 0 aliphatic heterocycles. The lowest BCUT2D eigenvalue weighted by Crippen LogP contribution is -2.21. The molecule has 30 heavy (non-hydrogen) atoms. The van der Waals surface area contributed by atoms with Crippen LogP contribution in [0.4, 0.5) is 5.00 Å². The van der Waals surface area contributed by atoms with E-state index in [9.17, 15) is 14.9 Å². The van der Waals surface area contributed by atoms with Gasteiger partial charge in [-0.1, -0.05) is 48.5 Å². The summed E-state index contributed by atoms with van der Waals surface area (Å²) < 4.78 is 0. The van der Waals surface area contributed by atoms with Crippen molar-refractivity contribution >= 4 is 39.9 Å².